The van der Waals surface area contributed by atoms with Gasteiger partial charge in [0.2, 0.25) is 5.88 Å². The van der Waals surface area contributed by atoms with E-state index in [1.54, 1.807) is 0 Å². The van der Waals surface area contributed by atoms with Gasteiger partial charge in [0.05, 0.1) is 0 Å². The van der Waals surface area contributed by atoms with E-state index in [4.69, 9.17) is 11.1 Å². The molecule has 0 unspecified atom stereocenters. The number of nitrogen functional groups attached to an aromatic ring is 1. The second-order valence-electron chi connectivity index (χ2n) is 8.87. The summed E-state index contributed by atoms with van der Waals surface area (Å²) in [6.45, 7) is 2.15. The molecule has 0 radical (unpaired) electrons. The summed E-state index contributed by atoms with van der Waals surface area (Å²) >= 11 is 0. The third-order valence-corrected chi connectivity index (χ3v) is 6.77. The number of nitrogens with zero attached hydrogens (tertiary/aromatic N) is 3. The standard InChI is InChI=1S/C19H26N6O5/c1-3-4-5-24-13(26)11(12(20)21)14(27)25(17(24)30)10-6-18(7-10)8-19(9-18)15(28)23(2)16(29)22-19/h10,26H,3-9H2,1-2H3,(H3,20,21)(H,22,29). The maximum Gasteiger partial charge on any atom is 0.334 e. The van der Waals surface area contributed by atoms with Gasteiger partial charge < -0.3 is 16.2 Å². The summed E-state index contributed by atoms with van der Waals surface area (Å²) in [5.74, 6) is -1.40. The van der Waals surface area contributed by atoms with E-state index in [1.807, 2.05) is 6.92 Å². The van der Waals surface area contributed by atoms with Crippen molar-refractivity contribution in [1.82, 2.24) is 19.4 Å². The molecule has 1 aromatic heterocycles. The van der Waals surface area contributed by atoms with Crippen molar-refractivity contribution in [2.75, 3.05) is 7.05 Å². The van der Waals surface area contributed by atoms with Crippen LogP contribution in [-0.4, -0.2) is 49.5 Å². The maximum atomic E-state index is 13.0. The normalized spacial score (nSPS) is 29.8. The highest BCUT2D eigenvalue weighted by Crippen LogP contribution is 2.64. The van der Waals surface area contributed by atoms with E-state index in [-0.39, 0.29) is 23.4 Å². The predicted octanol–water partition coefficient (Wildman–Crippen LogP) is -0.165. The average Bonchev–Trinajstić information content (AvgIpc) is 2.83. The van der Waals surface area contributed by atoms with Crippen LogP contribution in [0.15, 0.2) is 9.59 Å². The Bertz CT molecular complexity index is 1070. The van der Waals surface area contributed by atoms with Crippen molar-refractivity contribution >= 4 is 17.8 Å². The smallest absolute Gasteiger partial charge is 0.334 e. The Morgan fingerprint density at radius 1 is 1.27 bits per heavy atom. The lowest BCUT2D eigenvalue weighted by Gasteiger charge is -2.60. The average molecular weight is 418 g/mol. The van der Waals surface area contributed by atoms with Gasteiger partial charge in [-0.3, -0.25) is 29.0 Å². The number of rotatable bonds is 5. The number of amides is 3. The molecule has 4 rings (SSSR count). The van der Waals surface area contributed by atoms with Crippen LogP contribution in [0.5, 0.6) is 5.88 Å². The summed E-state index contributed by atoms with van der Waals surface area (Å²) in [6.07, 6.45) is 3.36. The largest absolute Gasteiger partial charge is 0.494 e. The van der Waals surface area contributed by atoms with Crippen LogP contribution in [0.4, 0.5) is 4.79 Å². The topological polar surface area (TPSA) is 164 Å². The van der Waals surface area contributed by atoms with E-state index in [2.05, 4.69) is 5.32 Å². The molecule has 1 aliphatic heterocycles. The van der Waals surface area contributed by atoms with Crippen molar-refractivity contribution in [3.63, 3.8) is 0 Å². The molecule has 1 saturated heterocycles. The van der Waals surface area contributed by atoms with Crippen LogP contribution in [0.2, 0.25) is 0 Å². The molecule has 2 spiro atoms. The molecule has 11 nitrogen and oxygen atoms in total. The number of unbranched alkanes of at least 4 members (excludes halogenated alkanes) is 1. The van der Waals surface area contributed by atoms with Crippen LogP contribution >= 0.6 is 0 Å². The summed E-state index contributed by atoms with van der Waals surface area (Å²) < 4.78 is 2.19. The van der Waals surface area contributed by atoms with E-state index in [0.717, 1.165) is 20.5 Å². The number of carbonyl (C=O) groups excluding carboxylic acids is 2. The zero-order chi connectivity index (χ0) is 22.0. The number of hydrogen-bond donors (Lipinski definition) is 4. The van der Waals surface area contributed by atoms with Crippen molar-refractivity contribution in [3.05, 3.63) is 26.4 Å². The minimum Gasteiger partial charge on any atom is -0.494 e. The molecule has 0 aromatic carbocycles. The fourth-order valence-electron chi connectivity index (χ4n) is 5.37. The Balaban J connectivity index is 1.61. The summed E-state index contributed by atoms with van der Waals surface area (Å²) in [6, 6.07) is -0.816. The van der Waals surface area contributed by atoms with Gasteiger partial charge in [0.15, 0.2) is 0 Å². The number of hydrogen-bond acceptors (Lipinski definition) is 6. The number of carbonyl (C=O) groups is 2. The molecule has 3 fully saturated rings. The predicted molar refractivity (Wildman–Crippen MR) is 107 cm³/mol. The van der Waals surface area contributed by atoms with Gasteiger partial charge in [0.1, 0.15) is 16.9 Å². The Hall–Kier alpha value is -3.11. The molecular weight excluding hydrogens is 392 g/mol. The van der Waals surface area contributed by atoms with Crippen LogP contribution in [0.1, 0.15) is 57.1 Å². The van der Waals surface area contributed by atoms with Crippen molar-refractivity contribution in [3.8, 4) is 5.88 Å². The van der Waals surface area contributed by atoms with Crippen molar-refractivity contribution in [2.45, 2.75) is 63.6 Å². The summed E-state index contributed by atoms with van der Waals surface area (Å²) in [5.41, 5.74) is 2.68. The Kier molecular flexibility index (Phi) is 4.33. The number of likely N-dealkylation sites (N-methyl/N-ethyl adjacent to an activating group) is 1. The fraction of sp³-hybridized carbons (Fsp3) is 0.632. The summed E-state index contributed by atoms with van der Waals surface area (Å²) in [7, 11) is 1.44. The van der Waals surface area contributed by atoms with Crippen molar-refractivity contribution in [2.24, 2.45) is 11.1 Å². The zero-order valence-electron chi connectivity index (χ0n) is 17.0. The molecule has 162 valence electrons. The van der Waals surface area contributed by atoms with E-state index in [0.29, 0.717) is 32.1 Å². The molecule has 1 aromatic rings. The lowest BCUT2D eigenvalue weighted by Crippen LogP contribution is -2.66. The number of nitrogens with two attached hydrogens (primary N) is 1. The van der Waals surface area contributed by atoms with Crippen LogP contribution in [0, 0.1) is 10.8 Å². The monoisotopic (exact) mass is 418 g/mol. The molecular formula is C19H26N6O5. The molecule has 0 atom stereocenters. The lowest BCUT2D eigenvalue weighted by atomic mass is 9.47. The number of imide groups is 1. The van der Waals surface area contributed by atoms with E-state index in [1.165, 1.54) is 7.05 Å². The summed E-state index contributed by atoms with van der Waals surface area (Å²) in [4.78, 5) is 51.1. The number of amidine groups is 1. The molecule has 2 aliphatic carbocycles. The van der Waals surface area contributed by atoms with E-state index >= 15 is 0 Å². The molecule has 11 heteroatoms. The zero-order valence-corrected chi connectivity index (χ0v) is 17.0. The quantitative estimate of drug-likeness (QED) is 0.295. The Morgan fingerprint density at radius 3 is 2.40 bits per heavy atom. The second kappa shape index (κ2) is 6.44. The third kappa shape index (κ3) is 2.60. The van der Waals surface area contributed by atoms with Crippen molar-refractivity contribution < 1.29 is 14.7 Å². The molecule has 3 amide bonds. The molecule has 5 N–H and O–H groups in total. The number of urea groups is 1. The Morgan fingerprint density at radius 2 is 1.90 bits per heavy atom. The van der Waals surface area contributed by atoms with Gasteiger partial charge in [-0.25, -0.2) is 9.59 Å². The van der Waals surface area contributed by atoms with Crippen LogP contribution in [-0.2, 0) is 11.3 Å². The van der Waals surface area contributed by atoms with Gasteiger partial charge in [-0.15, -0.1) is 0 Å². The minimum atomic E-state index is -0.872. The van der Waals surface area contributed by atoms with Gasteiger partial charge in [-0.1, -0.05) is 13.3 Å². The van der Waals surface area contributed by atoms with Crippen LogP contribution in [0.25, 0.3) is 0 Å². The lowest BCUT2D eigenvalue weighted by molar-refractivity contribution is -0.148. The van der Waals surface area contributed by atoms with Gasteiger partial charge in [-0.05, 0) is 37.5 Å². The SMILES string of the molecule is CCCCn1c(O)c(C(=N)N)c(=O)n(C2CC3(C2)CC2(C3)NC(=O)N(C)C2=O)c1=O. The first-order valence-corrected chi connectivity index (χ1v) is 10.1. The third-order valence-electron chi connectivity index (χ3n) is 6.77. The van der Waals surface area contributed by atoms with Gasteiger partial charge in [0, 0.05) is 19.6 Å². The number of aromatic hydroxyl groups is 1. The first kappa shape index (κ1) is 20.2. The highest BCUT2D eigenvalue weighted by Gasteiger charge is 2.67. The van der Waals surface area contributed by atoms with Crippen LogP contribution < -0.4 is 22.3 Å². The highest BCUT2D eigenvalue weighted by atomic mass is 16.3. The minimum absolute atomic E-state index is 0.215. The summed E-state index contributed by atoms with van der Waals surface area (Å²) in [5, 5.41) is 20.8. The van der Waals surface area contributed by atoms with Crippen LogP contribution in [0.3, 0.4) is 0 Å². The van der Waals surface area contributed by atoms with Gasteiger partial charge in [0.25, 0.3) is 11.5 Å². The van der Waals surface area contributed by atoms with Gasteiger partial charge >= 0.3 is 11.7 Å². The number of nitrogens with one attached hydrogen (secondary N) is 2. The fourth-order valence-corrected chi connectivity index (χ4v) is 5.37. The Labute approximate surface area is 172 Å². The van der Waals surface area contributed by atoms with E-state index < -0.39 is 40.6 Å². The highest BCUT2D eigenvalue weighted by molar-refractivity contribution is 6.07. The number of aromatic nitrogens is 2. The molecule has 3 aliphatic rings. The first-order valence-electron chi connectivity index (χ1n) is 10.1. The first-order chi connectivity index (χ1) is 14.1. The molecule has 0 bridgehead atoms. The van der Waals surface area contributed by atoms with Gasteiger partial charge in [-0.2, -0.15) is 0 Å². The second-order valence-corrected chi connectivity index (χ2v) is 8.87. The molecule has 2 heterocycles. The molecule has 30 heavy (non-hydrogen) atoms. The van der Waals surface area contributed by atoms with Crippen molar-refractivity contribution in [1.29, 1.82) is 5.41 Å². The maximum absolute atomic E-state index is 13.0. The molecule has 2 saturated carbocycles. The van der Waals surface area contributed by atoms with E-state index in [9.17, 15) is 24.3 Å².